The van der Waals surface area contributed by atoms with Crippen LogP contribution < -0.4 is 0 Å². The Balaban J connectivity index is 2.18. The van der Waals surface area contributed by atoms with Gasteiger partial charge in [-0.3, -0.25) is 0 Å². The van der Waals surface area contributed by atoms with Crippen LogP contribution in [0.2, 0.25) is 0 Å². The first-order chi connectivity index (χ1) is 10.8. The lowest BCUT2D eigenvalue weighted by atomic mass is 9.99. The predicted octanol–water partition coefficient (Wildman–Crippen LogP) is -3.98. The van der Waals surface area contributed by atoms with Crippen LogP contribution in [0, 0.1) is 0 Å². The molecule has 0 bridgehead atoms. The molecule has 0 aromatic rings. The van der Waals surface area contributed by atoms with Gasteiger partial charge < -0.3 is 50.0 Å². The minimum Gasteiger partial charge on any atom is -0.394 e. The molecule has 3 unspecified atom stereocenters. The molecule has 0 radical (unpaired) electrons. The Labute approximate surface area is 132 Å². The van der Waals surface area contributed by atoms with Crippen LogP contribution >= 0.6 is 0 Å². The van der Waals surface area contributed by atoms with Crippen molar-refractivity contribution in [2.45, 2.75) is 68.1 Å². The van der Waals surface area contributed by atoms with E-state index in [4.69, 9.17) is 19.3 Å². The van der Waals surface area contributed by atoms with E-state index in [9.17, 15) is 30.6 Å². The predicted molar refractivity (Wildman–Crippen MR) is 71.8 cm³/mol. The SMILES string of the molecule is CC[C@@H]1O[C@@](CO)(O[C@H]2OC(CO)[C@@H](O)[C@H](O)C2O)[C@H](O)C1O. The van der Waals surface area contributed by atoms with Gasteiger partial charge in [0.25, 0.3) is 0 Å². The molecule has 2 fully saturated rings. The van der Waals surface area contributed by atoms with Crippen LogP contribution in [-0.2, 0) is 14.2 Å². The van der Waals surface area contributed by atoms with E-state index in [1.807, 2.05) is 0 Å². The molecule has 2 rings (SSSR count). The second-order valence-electron chi connectivity index (χ2n) is 5.79. The van der Waals surface area contributed by atoms with Gasteiger partial charge in [-0.05, 0) is 6.42 Å². The number of rotatable bonds is 5. The van der Waals surface area contributed by atoms with Crippen LogP contribution in [0.25, 0.3) is 0 Å². The molecule has 0 spiro atoms. The lowest BCUT2D eigenvalue weighted by Gasteiger charge is -2.43. The number of ether oxygens (including phenoxy) is 3. The molecule has 0 saturated carbocycles. The first-order valence-electron chi connectivity index (χ1n) is 7.44. The van der Waals surface area contributed by atoms with E-state index >= 15 is 0 Å². The van der Waals surface area contributed by atoms with E-state index in [0.717, 1.165) is 0 Å². The van der Waals surface area contributed by atoms with E-state index in [-0.39, 0.29) is 0 Å². The van der Waals surface area contributed by atoms with Crippen molar-refractivity contribution in [1.82, 2.24) is 0 Å². The Morgan fingerprint density at radius 1 is 0.913 bits per heavy atom. The highest BCUT2D eigenvalue weighted by molar-refractivity contribution is 4.98. The highest BCUT2D eigenvalue weighted by Gasteiger charge is 2.57. The van der Waals surface area contributed by atoms with Crippen molar-refractivity contribution in [3.63, 3.8) is 0 Å². The Bertz CT molecular complexity index is 393. The minimum atomic E-state index is -2.06. The fourth-order valence-electron chi connectivity index (χ4n) is 2.81. The monoisotopic (exact) mass is 340 g/mol. The number of aliphatic hydroxyl groups excluding tert-OH is 7. The third-order valence-electron chi connectivity index (χ3n) is 4.29. The number of hydrogen-bond donors (Lipinski definition) is 7. The summed E-state index contributed by atoms with van der Waals surface area (Å²) in [7, 11) is 0. The molecule has 2 heterocycles. The molecule has 2 aliphatic rings. The topological polar surface area (TPSA) is 169 Å². The van der Waals surface area contributed by atoms with Gasteiger partial charge in [-0.2, -0.15) is 0 Å². The Hall–Kier alpha value is -0.400. The van der Waals surface area contributed by atoms with Crippen LogP contribution in [0.1, 0.15) is 13.3 Å². The van der Waals surface area contributed by atoms with Crippen molar-refractivity contribution < 1.29 is 50.0 Å². The van der Waals surface area contributed by atoms with Crippen LogP contribution in [0.4, 0.5) is 0 Å². The molecule has 0 aliphatic carbocycles. The van der Waals surface area contributed by atoms with Crippen LogP contribution in [-0.4, -0.2) is 104 Å². The average Bonchev–Trinajstić information content (AvgIpc) is 2.80. The van der Waals surface area contributed by atoms with Gasteiger partial charge in [0, 0.05) is 0 Å². The van der Waals surface area contributed by atoms with Gasteiger partial charge >= 0.3 is 0 Å². The molecule has 0 amide bonds. The molecule has 2 saturated heterocycles. The summed E-state index contributed by atoms with van der Waals surface area (Å²) in [5.41, 5.74) is 0. The summed E-state index contributed by atoms with van der Waals surface area (Å²) in [5.74, 6) is -2.06. The maximum atomic E-state index is 10.1. The minimum absolute atomic E-state index is 0.331. The number of hydrogen-bond acceptors (Lipinski definition) is 10. The van der Waals surface area contributed by atoms with Gasteiger partial charge in [0.05, 0.1) is 12.7 Å². The van der Waals surface area contributed by atoms with Gasteiger partial charge in [-0.1, -0.05) is 6.92 Å². The van der Waals surface area contributed by atoms with Crippen molar-refractivity contribution in [2.24, 2.45) is 0 Å². The molecule has 0 aromatic heterocycles. The Morgan fingerprint density at radius 3 is 2.04 bits per heavy atom. The zero-order valence-electron chi connectivity index (χ0n) is 12.6. The smallest absolute Gasteiger partial charge is 0.223 e. The summed E-state index contributed by atoms with van der Waals surface area (Å²) in [6.07, 6.45) is -11.2. The number of aliphatic hydroxyl groups is 7. The van der Waals surface area contributed by atoms with Crippen molar-refractivity contribution >= 4 is 0 Å². The van der Waals surface area contributed by atoms with E-state index in [0.29, 0.717) is 6.42 Å². The molecule has 0 aromatic carbocycles. The van der Waals surface area contributed by atoms with E-state index < -0.39 is 68.0 Å². The standard InChI is InChI=1S/C13H24O10/c1-2-5-8(17)11(20)13(4-15,22-5)23-12-10(19)9(18)7(16)6(3-14)21-12/h5-12,14-20H,2-4H2,1H3/t5-,6?,7+,8?,9-,10?,11+,12+,13-/m0/s1. The first-order valence-corrected chi connectivity index (χ1v) is 7.44. The summed E-state index contributed by atoms with van der Waals surface area (Å²) in [4.78, 5) is 0. The van der Waals surface area contributed by atoms with Gasteiger partial charge in [-0.15, -0.1) is 0 Å². The summed E-state index contributed by atoms with van der Waals surface area (Å²) in [6.45, 7) is 0.194. The maximum absolute atomic E-state index is 10.1. The molecule has 23 heavy (non-hydrogen) atoms. The van der Waals surface area contributed by atoms with Crippen LogP contribution in [0.3, 0.4) is 0 Å². The third-order valence-corrected chi connectivity index (χ3v) is 4.29. The zero-order valence-corrected chi connectivity index (χ0v) is 12.6. The quantitative estimate of drug-likeness (QED) is 0.262. The van der Waals surface area contributed by atoms with Gasteiger partial charge in [-0.25, -0.2) is 0 Å². The molecule has 9 atom stereocenters. The largest absolute Gasteiger partial charge is 0.394 e. The molecule has 10 nitrogen and oxygen atoms in total. The summed E-state index contributed by atoms with van der Waals surface area (Å²) >= 11 is 0. The third kappa shape index (κ3) is 3.24. The zero-order chi connectivity index (χ0) is 17.4. The lowest BCUT2D eigenvalue weighted by Crippen LogP contribution is -2.62. The van der Waals surface area contributed by atoms with Crippen LogP contribution in [0.15, 0.2) is 0 Å². The average molecular weight is 340 g/mol. The fourth-order valence-corrected chi connectivity index (χ4v) is 2.81. The van der Waals surface area contributed by atoms with Crippen molar-refractivity contribution in [3.05, 3.63) is 0 Å². The highest BCUT2D eigenvalue weighted by atomic mass is 16.8. The molecular formula is C13H24O10. The molecule has 2 aliphatic heterocycles. The van der Waals surface area contributed by atoms with E-state index in [2.05, 4.69) is 0 Å². The molecule has 7 N–H and O–H groups in total. The second-order valence-corrected chi connectivity index (χ2v) is 5.79. The van der Waals surface area contributed by atoms with Gasteiger partial charge in [0.2, 0.25) is 5.79 Å². The normalized spacial score (nSPS) is 51.1. The first kappa shape index (κ1) is 18.9. The lowest BCUT2D eigenvalue weighted by molar-refractivity contribution is -0.383. The fraction of sp³-hybridized carbons (Fsp3) is 1.00. The van der Waals surface area contributed by atoms with Gasteiger partial charge in [0.1, 0.15) is 43.2 Å². The summed E-state index contributed by atoms with van der Waals surface area (Å²) < 4.78 is 15.9. The highest BCUT2D eigenvalue weighted by Crippen LogP contribution is 2.36. The summed E-state index contributed by atoms with van der Waals surface area (Å²) in [6, 6.07) is 0. The van der Waals surface area contributed by atoms with Crippen molar-refractivity contribution in [2.75, 3.05) is 13.2 Å². The molecule has 136 valence electrons. The Kier molecular flexibility index (Phi) is 5.95. The second kappa shape index (κ2) is 7.23. The van der Waals surface area contributed by atoms with Crippen LogP contribution in [0.5, 0.6) is 0 Å². The van der Waals surface area contributed by atoms with E-state index in [1.54, 1.807) is 6.92 Å². The Morgan fingerprint density at radius 2 is 1.57 bits per heavy atom. The summed E-state index contributed by atoms with van der Waals surface area (Å²) in [5, 5.41) is 68.1. The van der Waals surface area contributed by atoms with E-state index in [1.165, 1.54) is 0 Å². The maximum Gasteiger partial charge on any atom is 0.223 e. The molecular weight excluding hydrogens is 316 g/mol. The van der Waals surface area contributed by atoms with Crippen molar-refractivity contribution in [1.29, 1.82) is 0 Å². The van der Waals surface area contributed by atoms with Gasteiger partial charge in [0.15, 0.2) is 6.29 Å². The molecule has 10 heteroatoms. The van der Waals surface area contributed by atoms with Crippen molar-refractivity contribution in [3.8, 4) is 0 Å².